The van der Waals surface area contributed by atoms with Crippen LogP contribution < -0.4 is 16.2 Å². The second-order valence-corrected chi connectivity index (χ2v) is 6.40. The molecule has 19 heavy (non-hydrogen) atoms. The Kier molecular flexibility index (Phi) is 3.79. The summed E-state index contributed by atoms with van der Waals surface area (Å²) in [6, 6.07) is 11.7. The van der Waals surface area contributed by atoms with Crippen LogP contribution in [0, 0.1) is 0 Å². The van der Waals surface area contributed by atoms with Crippen molar-refractivity contribution in [1.82, 2.24) is 0 Å². The summed E-state index contributed by atoms with van der Waals surface area (Å²) in [5.74, 6) is 0. The summed E-state index contributed by atoms with van der Waals surface area (Å²) >= 11 is 3.33. The van der Waals surface area contributed by atoms with Gasteiger partial charge in [0, 0.05) is 10.2 Å². The van der Waals surface area contributed by atoms with E-state index in [1.165, 1.54) is 18.2 Å². The number of primary sulfonamides is 1. The van der Waals surface area contributed by atoms with E-state index in [0.717, 1.165) is 10.2 Å². The van der Waals surface area contributed by atoms with Crippen molar-refractivity contribution in [3.05, 3.63) is 46.9 Å². The molecule has 0 spiro atoms. The Morgan fingerprint density at radius 3 is 2.26 bits per heavy atom. The van der Waals surface area contributed by atoms with E-state index in [1.54, 1.807) is 0 Å². The Hall–Kier alpha value is -1.57. The Morgan fingerprint density at radius 1 is 1.05 bits per heavy atom. The second kappa shape index (κ2) is 5.20. The van der Waals surface area contributed by atoms with Crippen LogP contribution in [0.2, 0.25) is 0 Å². The molecule has 0 unspecified atom stereocenters. The van der Waals surface area contributed by atoms with Crippen LogP contribution in [-0.4, -0.2) is 8.42 Å². The highest BCUT2D eigenvalue weighted by Crippen LogP contribution is 2.26. The molecule has 0 saturated heterocycles. The number of rotatable bonds is 3. The number of benzene rings is 2. The maximum atomic E-state index is 11.3. The van der Waals surface area contributed by atoms with Crippen LogP contribution in [0.1, 0.15) is 0 Å². The first-order valence-corrected chi connectivity index (χ1v) is 7.65. The molecule has 0 aliphatic rings. The molecule has 2 rings (SSSR count). The molecule has 0 aliphatic carbocycles. The minimum Gasteiger partial charge on any atom is -0.397 e. The first-order valence-electron chi connectivity index (χ1n) is 5.31. The van der Waals surface area contributed by atoms with Gasteiger partial charge < -0.3 is 11.1 Å². The number of nitrogen functional groups attached to an aromatic ring is 1. The molecule has 7 heteroatoms. The quantitative estimate of drug-likeness (QED) is 0.746. The van der Waals surface area contributed by atoms with Crippen LogP contribution in [0.4, 0.5) is 17.1 Å². The van der Waals surface area contributed by atoms with Crippen LogP contribution in [0.15, 0.2) is 51.8 Å². The summed E-state index contributed by atoms with van der Waals surface area (Å²) in [7, 11) is -3.74. The van der Waals surface area contributed by atoms with Crippen LogP contribution in [0.5, 0.6) is 0 Å². The zero-order chi connectivity index (χ0) is 14.0. The molecule has 0 heterocycles. The molecule has 0 saturated carbocycles. The third-order valence-electron chi connectivity index (χ3n) is 2.48. The van der Waals surface area contributed by atoms with Gasteiger partial charge >= 0.3 is 0 Å². The molecule has 0 radical (unpaired) electrons. The van der Waals surface area contributed by atoms with Gasteiger partial charge in [0.15, 0.2) is 0 Å². The fraction of sp³-hybridized carbons (Fsp3) is 0. The average Bonchev–Trinajstić information content (AvgIpc) is 2.33. The molecule has 0 aromatic heterocycles. The van der Waals surface area contributed by atoms with Gasteiger partial charge in [-0.2, -0.15) is 0 Å². The molecule has 5 nitrogen and oxygen atoms in total. The van der Waals surface area contributed by atoms with Gasteiger partial charge in [-0.25, -0.2) is 13.6 Å². The smallest absolute Gasteiger partial charge is 0.238 e. The molecule has 0 amide bonds. The normalized spacial score (nSPS) is 11.3. The van der Waals surface area contributed by atoms with Crippen molar-refractivity contribution in [2.24, 2.45) is 5.14 Å². The summed E-state index contributed by atoms with van der Waals surface area (Å²) in [6.45, 7) is 0. The second-order valence-electron chi connectivity index (χ2n) is 3.93. The Labute approximate surface area is 119 Å². The SMILES string of the molecule is Nc1ccc(S(N)(=O)=O)cc1Nc1ccc(Br)cc1. The molecule has 0 aliphatic heterocycles. The highest BCUT2D eigenvalue weighted by atomic mass is 79.9. The summed E-state index contributed by atoms with van der Waals surface area (Å²) < 4.78 is 23.5. The maximum Gasteiger partial charge on any atom is 0.238 e. The maximum absolute atomic E-state index is 11.3. The van der Waals surface area contributed by atoms with E-state index in [0.29, 0.717) is 11.4 Å². The number of nitrogens with two attached hydrogens (primary N) is 2. The van der Waals surface area contributed by atoms with E-state index in [4.69, 9.17) is 10.9 Å². The number of anilines is 3. The van der Waals surface area contributed by atoms with E-state index < -0.39 is 10.0 Å². The number of sulfonamides is 1. The topological polar surface area (TPSA) is 98.2 Å². The van der Waals surface area contributed by atoms with Gasteiger partial charge in [-0.05, 0) is 42.5 Å². The molecular formula is C12H12BrN3O2S. The van der Waals surface area contributed by atoms with E-state index >= 15 is 0 Å². The lowest BCUT2D eigenvalue weighted by molar-refractivity contribution is 0.598. The third-order valence-corrected chi connectivity index (χ3v) is 3.92. The molecule has 5 N–H and O–H groups in total. The minimum atomic E-state index is -3.74. The van der Waals surface area contributed by atoms with Gasteiger partial charge in [-0.15, -0.1) is 0 Å². The largest absolute Gasteiger partial charge is 0.397 e. The van der Waals surface area contributed by atoms with Gasteiger partial charge in [0.05, 0.1) is 16.3 Å². The fourth-order valence-corrected chi connectivity index (χ4v) is 2.31. The van der Waals surface area contributed by atoms with Crippen LogP contribution >= 0.6 is 15.9 Å². The summed E-state index contributed by atoms with van der Waals surface area (Å²) in [6.07, 6.45) is 0. The molecule has 2 aromatic rings. The monoisotopic (exact) mass is 341 g/mol. The van der Waals surface area contributed by atoms with E-state index in [1.807, 2.05) is 24.3 Å². The Bertz CT molecular complexity index is 699. The van der Waals surface area contributed by atoms with Crippen molar-refractivity contribution in [2.75, 3.05) is 11.1 Å². The average molecular weight is 342 g/mol. The highest BCUT2D eigenvalue weighted by molar-refractivity contribution is 9.10. The first kappa shape index (κ1) is 13.9. The first-order chi connectivity index (χ1) is 8.86. The van der Waals surface area contributed by atoms with Crippen molar-refractivity contribution in [3.63, 3.8) is 0 Å². The van der Waals surface area contributed by atoms with Crippen molar-refractivity contribution >= 4 is 43.0 Å². The van der Waals surface area contributed by atoms with Crippen molar-refractivity contribution in [2.45, 2.75) is 4.90 Å². The van der Waals surface area contributed by atoms with Gasteiger partial charge in [-0.3, -0.25) is 0 Å². The van der Waals surface area contributed by atoms with Gasteiger partial charge in [-0.1, -0.05) is 15.9 Å². The predicted octanol–water partition coefficient (Wildman–Crippen LogP) is 2.42. The Balaban J connectivity index is 2.37. The number of hydrogen-bond donors (Lipinski definition) is 3. The molecular weight excluding hydrogens is 330 g/mol. The molecule has 2 aromatic carbocycles. The lowest BCUT2D eigenvalue weighted by atomic mass is 10.2. The van der Waals surface area contributed by atoms with Crippen LogP contribution in [0.25, 0.3) is 0 Å². The van der Waals surface area contributed by atoms with Crippen molar-refractivity contribution < 1.29 is 8.42 Å². The Morgan fingerprint density at radius 2 is 1.68 bits per heavy atom. The van der Waals surface area contributed by atoms with Crippen LogP contribution in [-0.2, 0) is 10.0 Å². The molecule has 100 valence electrons. The van der Waals surface area contributed by atoms with Crippen LogP contribution in [0.3, 0.4) is 0 Å². The number of nitrogens with one attached hydrogen (secondary N) is 1. The summed E-state index contributed by atoms with van der Waals surface area (Å²) in [5, 5.41) is 8.13. The van der Waals surface area contributed by atoms with E-state index in [-0.39, 0.29) is 4.90 Å². The minimum absolute atomic E-state index is 0.0151. The zero-order valence-corrected chi connectivity index (χ0v) is 12.2. The van der Waals surface area contributed by atoms with Crippen molar-refractivity contribution in [1.29, 1.82) is 0 Å². The summed E-state index contributed by atoms with van der Waals surface area (Å²) in [4.78, 5) is 0.0151. The lowest BCUT2D eigenvalue weighted by Crippen LogP contribution is -2.12. The summed E-state index contributed by atoms with van der Waals surface area (Å²) in [5.41, 5.74) is 7.53. The molecule has 0 atom stereocenters. The van der Waals surface area contributed by atoms with E-state index in [9.17, 15) is 8.42 Å². The standard InChI is InChI=1S/C12H12BrN3O2S/c13-8-1-3-9(4-2-8)16-12-7-10(19(15,17)18)5-6-11(12)14/h1-7,16H,14H2,(H2,15,17,18). The molecule has 0 fully saturated rings. The van der Waals surface area contributed by atoms with Crippen molar-refractivity contribution in [3.8, 4) is 0 Å². The lowest BCUT2D eigenvalue weighted by Gasteiger charge is -2.10. The highest BCUT2D eigenvalue weighted by Gasteiger charge is 2.10. The van der Waals surface area contributed by atoms with Gasteiger partial charge in [0.2, 0.25) is 10.0 Å². The predicted molar refractivity (Wildman–Crippen MR) is 79.7 cm³/mol. The van der Waals surface area contributed by atoms with Gasteiger partial charge in [0.1, 0.15) is 0 Å². The van der Waals surface area contributed by atoms with Gasteiger partial charge in [0.25, 0.3) is 0 Å². The zero-order valence-electron chi connectivity index (χ0n) is 9.80. The van der Waals surface area contributed by atoms with E-state index in [2.05, 4.69) is 21.2 Å². The fourth-order valence-electron chi connectivity index (χ4n) is 1.51. The number of halogens is 1. The number of hydrogen-bond acceptors (Lipinski definition) is 4. The third kappa shape index (κ3) is 3.46. The molecule has 0 bridgehead atoms.